The van der Waals surface area contributed by atoms with E-state index in [1.54, 1.807) is 24.7 Å². The number of rotatable bonds is 4. The lowest BCUT2D eigenvalue weighted by molar-refractivity contribution is -0.0467. The Labute approximate surface area is 153 Å². The Kier molecular flexibility index (Phi) is 4.95. The predicted octanol–water partition coefficient (Wildman–Crippen LogP) is 2.46. The summed E-state index contributed by atoms with van der Waals surface area (Å²) in [6, 6.07) is 9.34. The second kappa shape index (κ2) is 7.51. The number of aromatic nitrogens is 2. The Bertz CT molecular complexity index is 740. The highest BCUT2D eigenvalue weighted by molar-refractivity contribution is 5.92. The molecule has 6 heteroatoms. The normalized spacial score (nSPS) is 25.5. The minimum Gasteiger partial charge on any atom is -0.371 e. The molecule has 2 atom stereocenters. The van der Waals surface area contributed by atoms with E-state index in [0.29, 0.717) is 25.5 Å². The third-order valence-corrected chi connectivity index (χ3v) is 5.12. The first-order valence-electron chi connectivity index (χ1n) is 9.09. The molecule has 1 spiro atoms. The largest absolute Gasteiger partial charge is 0.371 e. The first-order chi connectivity index (χ1) is 12.7. The number of piperidine rings is 1. The lowest BCUT2D eigenvalue weighted by atomic mass is 9.89. The average Bonchev–Trinajstić information content (AvgIpc) is 3.09. The number of carbonyl (C=O) groups excluding carboxylic acids is 1. The van der Waals surface area contributed by atoms with Crippen molar-refractivity contribution in [2.75, 3.05) is 19.7 Å². The number of likely N-dealkylation sites (tertiary alicyclic amines) is 1. The lowest BCUT2D eigenvalue weighted by Gasteiger charge is -2.39. The molecule has 2 fully saturated rings. The van der Waals surface area contributed by atoms with Gasteiger partial charge in [-0.3, -0.25) is 14.8 Å². The van der Waals surface area contributed by atoms with Crippen molar-refractivity contribution in [1.29, 1.82) is 0 Å². The van der Waals surface area contributed by atoms with Gasteiger partial charge >= 0.3 is 0 Å². The Hall–Kier alpha value is -2.31. The third kappa shape index (κ3) is 3.76. The Morgan fingerprint density at radius 2 is 2.15 bits per heavy atom. The van der Waals surface area contributed by atoms with Gasteiger partial charge in [-0.25, -0.2) is 0 Å². The molecule has 2 aromatic heterocycles. The van der Waals surface area contributed by atoms with Gasteiger partial charge in [0.2, 0.25) is 0 Å². The Balaban J connectivity index is 1.36. The maximum Gasteiger partial charge on any atom is 0.272 e. The summed E-state index contributed by atoms with van der Waals surface area (Å²) in [6.45, 7) is 2.50. The van der Waals surface area contributed by atoms with Crippen molar-refractivity contribution in [3.05, 3.63) is 60.2 Å². The Morgan fingerprint density at radius 1 is 1.27 bits per heavy atom. The molecule has 0 aliphatic carbocycles. The number of pyridine rings is 2. The van der Waals surface area contributed by atoms with Crippen LogP contribution in [0.1, 0.15) is 35.3 Å². The molecule has 6 nitrogen and oxygen atoms in total. The molecule has 0 aromatic carbocycles. The van der Waals surface area contributed by atoms with Crippen molar-refractivity contribution < 1.29 is 14.3 Å². The monoisotopic (exact) mass is 353 g/mol. The molecule has 1 amide bonds. The van der Waals surface area contributed by atoms with E-state index in [2.05, 4.69) is 9.97 Å². The smallest absolute Gasteiger partial charge is 0.272 e. The van der Waals surface area contributed by atoms with Crippen LogP contribution in [0.2, 0.25) is 0 Å². The van der Waals surface area contributed by atoms with Crippen LogP contribution in [0.15, 0.2) is 48.9 Å². The van der Waals surface area contributed by atoms with Crippen LogP contribution in [-0.4, -0.2) is 52.2 Å². The van der Waals surface area contributed by atoms with Gasteiger partial charge in [-0.15, -0.1) is 0 Å². The van der Waals surface area contributed by atoms with Crippen molar-refractivity contribution in [3.63, 3.8) is 0 Å². The number of hydrogen-bond donors (Lipinski definition) is 0. The van der Waals surface area contributed by atoms with E-state index < -0.39 is 0 Å². The van der Waals surface area contributed by atoms with Gasteiger partial charge in [0.15, 0.2) is 0 Å². The maximum absolute atomic E-state index is 12.7. The second-order valence-corrected chi connectivity index (χ2v) is 7.03. The molecule has 136 valence electrons. The van der Waals surface area contributed by atoms with Crippen LogP contribution in [-0.2, 0) is 16.1 Å². The molecule has 0 saturated carbocycles. The van der Waals surface area contributed by atoms with E-state index in [1.807, 2.05) is 29.2 Å². The number of nitrogens with zero attached hydrogens (tertiary/aromatic N) is 3. The summed E-state index contributed by atoms with van der Waals surface area (Å²) in [5, 5.41) is 0. The zero-order chi connectivity index (χ0) is 17.8. The number of ether oxygens (including phenoxy) is 2. The summed E-state index contributed by atoms with van der Waals surface area (Å²) in [5.41, 5.74) is 1.32. The van der Waals surface area contributed by atoms with E-state index in [9.17, 15) is 4.79 Å². The van der Waals surface area contributed by atoms with Gasteiger partial charge in [-0.05, 0) is 42.7 Å². The maximum atomic E-state index is 12.7. The summed E-state index contributed by atoms with van der Waals surface area (Å²) in [4.78, 5) is 22.8. The molecule has 2 saturated heterocycles. The number of amides is 1. The van der Waals surface area contributed by atoms with E-state index in [-0.39, 0.29) is 17.6 Å². The van der Waals surface area contributed by atoms with Crippen LogP contribution >= 0.6 is 0 Å². The van der Waals surface area contributed by atoms with Crippen molar-refractivity contribution in [1.82, 2.24) is 14.9 Å². The topological polar surface area (TPSA) is 64.6 Å². The van der Waals surface area contributed by atoms with Crippen LogP contribution in [0.5, 0.6) is 0 Å². The van der Waals surface area contributed by atoms with E-state index >= 15 is 0 Å². The van der Waals surface area contributed by atoms with Crippen LogP contribution < -0.4 is 0 Å². The van der Waals surface area contributed by atoms with E-state index in [0.717, 1.165) is 31.4 Å². The fourth-order valence-electron chi connectivity index (χ4n) is 3.81. The second-order valence-electron chi connectivity index (χ2n) is 7.03. The first-order valence-corrected chi connectivity index (χ1v) is 9.09. The minimum atomic E-state index is -0.286. The molecule has 4 rings (SSSR count). The molecular weight excluding hydrogens is 330 g/mol. The quantitative estimate of drug-likeness (QED) is 0.845. The standard InChI is InChI=1S/C20H23N3O3/c24-19(18-4-1-2-8-22-18)23-11-3-7-20(15-23)12-17(14-26-20)25-13-16-5-9-21-10-6-16/h1-2,4-6,8-10,17H,3,7,11-15H2/t17-,20+/m1/s1. The van der Waals surface area contributed by atoms with Gasteiger partial charge in [0.25, 0.3) is 5.91 Å². The first kappa shape index (κ1) is 17.1. The summed E-state index contributed by atoms with van der Waals surface area (Å²) in [7, 11) is 0. The molecule has 4 heterocycles. The summed E-state index contributed by atoms with van der Waals surface area (Å²) in [5.74, 6) is -0.0190. The van der Waals surface area contributed by atoms with Gasteiger partial charge in [0.1, 0.15) is 5.69 Å². The highest BCUT2D eigenvalue weighted by Gasteiger charge is 2.45. The van der Waals surface area contributed by atoms with Crippen LogP contribution in [0, 0.1) is 0 Å². The molecule has 0 unspecified atom stereocenters. The molecule has 2 aromatic rings. The molecule has 0 bridgehead atoms. The number of carbonyl (C=O) groups is 1. The van der Waals surface area contributed by atoms with Gasteiger partial charge in [0, 0.05) is 31.6 Å². The van der Waals surface area contributed by atoms with Crippen molar-refractivity contribution in [2.24, 2.45) is 0 Å². The fraction of sp³-hybridized carbons (Fsp3) is 0.450. The van der Waals surface area contributed by atoms with E-state index in [1.165, 1.54) is 0 Å². The summed E-state index contributed by atoms with van der Waals surface area (Å²) >= 11 is 0. The molecule has 0 N–H and O–H groups in total. The average molecular weight is 353 g/mol. The van der Waals surface area contributed by atoms with Crippen molar-refractivity contribution in [2.45, 2.75) is 37.6 Å². The van der Waals surface area contributed by atoms with Crippen molar-refractivity contribution in [3.8, 4) is 0 Å². The predicted molar refractivity (Wildman–Crippen MR) is 95.5 cm³/mol. The lowest BCUT2D eigenvalue weighted by Crippen LogP contribution is -2.50. The zero-order valence-electron chi connectivity index (χ0n) is 14.7. The molecule has 26 heavy (non-hydrogen) atoms. The molecule has 2 aliphatic heterocycles. The zero-order valence-corrected chi connectivity index (χ0v) is 14.7. The third-order valence-electron chi connectivity index (χ3n) is 5.12. The number of hydrogen-bond acceptors (Lipinski definition) is 5. The summed E-state index contributed by atoms with van der Waals surface area (Å²) in [6.07, 6.45) is 7.99. The molecule has 2 aliphatic rings. The van der Waals surface area contributed by atoms with Gasteiger partial charge in [0.05, 0.1) is 31.5 Å². The highest BCUT2D eigenvalue weighted by atomic mass is 16.6. The van der Waals surface area contributed by atoms with Crippen LogP contribution in [0.25, 0.3) is 0 Å². The Morgan fingerprint density at radius 3 is 2.96 bits per heavy atom. The molecule has 0 radical (unpaired) electrons. The summed E-state index contributed by atoms with van der Waals surface area (Å²) < 4.78 is 12.2. The SMILES string of the molecule is O=C(c1ccccn1)N1CCC[C@]2(C[C@@H](OCc3ccncc3)CO2)C1. The minimum absolute atomic E-state index is 0.0190. The van der Waals surface area contributed by atoms with Gasteiger partial charge < -0.3 is 14.4 Å². The van der Waals surface area contributed by atoms with Crippen LogP contribution in [0.4, 0.5) is 0 Å². The highest BCUT2D eigenvalue weighted by Crippen LogP contribution is 2.36. The van der Waals surface area contributed by atoms with E-state index in [4.69, 9.17) is 9.47 Å². The van der Waals surface area contributed by atoms with Crippen LogP contribution in [0.3, 0.4) is 0 Å². The van der Waals surface area contributed by atoms with Crippen molar-refractivity contribution >= 4 is 5.91 Å². The van der Waals surface area contributed by atoms with Gasteiger partial charge in [-0.2, -0.15) is 0 Å². The fourth-order valence-corrected chi connectivity index (χ4v) is 3.81. The van der Waals surface area contributed by atoms with Gasteiger partial charge in [-0.1, -0.05) is 6.07 Å². The molecular formula is C20H23N3O3.